The minimum atomic E-state index is -4.65. The number of carbonyl (C=O) groups is 1. The third-order valence-electron chi connectivity index (χ3n) is 4.07. The smallest absolute Gasteiger partial charge is 0.311 e. The molecule has 0 fully saturated rings. The van der Waals surface area contributed by atoms with E-state index in [1.165, 1.54) is 4.90 Å². The summed E-state index contributed by atoms with van der Waals surface area (Å²) >= 11 is 0. The summed E-state index contributed by atoms with van der Waals surface area (Å²) in [5.41, 5.74) is 0.637. The highest BCUT2D eigenvalue weighted by Crippen LogP contribution is 2.30. The maximum atomic E-state index is 12.7. The third kappa shape index (κ3) is 3.73. The van der Waals surface area contributed by atoms with Gasteiger partial charge < -0.3 is 4.90 Å². The number of carbonyl (C=O) groups excluding carboxylic acids is 1. The van der Waals surface area contributed by atoms with Gasteiger partial charge in [0, 0.05) is 12.2 Å². The number of nitrogens with zero attached hydrogens (tertiary/aromatic N) is 1. The van der Waals surface area contributed by atoms with E-state index in [0.29, 0.717) is 19.0 Å². The molecule has 1 aliphatic heterocycles. The average molecular weight is 384 g/mol. The summed E-state index contributed by atoms with van der Waals surface area (Å²) in [6.45, 7) is -0.101. The Balaban J connectivity index is 1.72. The topological polar surface area (TPSA) is 66.5 Å². The van der Waals surface area contributed by atoms with E-state index in [2.05, 4.69) is 4.72 Å². The normalized spacial score (nSPS) is 14.3. The molecule has 1 heterocycles. The number of hydrogen-bond donors (Lipinski definition) is 1. The second kappa shape index (κ2) is 6.73. The van der Waals surface area contributed by atoms with Gasteiger partial charge in [-0.2, -0.15) is 13.2 Å². The van der Waals surface area contributed by atoms with Crippen LogP contribution >= 0.6 is 0 Å². The molecule has 0 bridgehead atoms. The van der Waals surface area contributed by atoms with Gasteiger partial charge in [-0.15, -0.1) is 0 Å². The van der Waals surface area contributed by atoms with Gasteiger partial charge in [0.2, 0.25) is 15.9 Å². The number of amides is 1. The zero-order valence-electron chi connectivity index (χ0n) is 13.5. The van der Waals surface area contributed by atoms with E-state index in [9.17, 15) is 26.4 Å². The van der Waals surface area contributed by atoms with Gasteiger partial charge in [0.25, 0.3) is 0 Å². The first-order chi connectivity index (χ1) is 12.2. The zero-order valence-corrected chi connectivity index (χ0v) is 14.3. The van der Waals surface area contributed by atoms with Crippen molar-refractivity contribution in [2.24, 2.45) is 0 Å². The van der Waals surface area contributed by atoms with Crippen molar-refractivity contribution in [2.45, 2.75) is 17.5 Å². The van der Waals surface area contributed by atoms with E-state index in [1.54, 1.807) is 12.1 Å². The summed E-state index contributed by atoms with van der Waals surface area (Å²) in [7, 11) is -4.24. The Kier molecular flexibility index (Phi) is 4.76. The number of alkyl halides is 3. The number of halogens is 3. The maximum absolute atomic E-state index is 12.7. The van der Waals surface area contributed by atoms with Gasteiger partial charge in [-0.3, -0.25) is 4.79 Å². The molecule has 1 N–H and O–H groups in total. The fourth-order valence-electron chi connectivity index (χ4n) is 2.77. The van der Waals surface area contributed by atoms with Crippen molar-refractivity contribution in [3.8, 4) is 0 Å². The molecule has 1 amide bonds. The van der Waals surface area contributed by atoms with Crippen LogP contribution in [0.2, 0.25) is 0 Å². The van der Waals surface area contributed by atoms with Crippen LogP contribution in [0.25, 0.3) is 0 Å². The molecule has 26 heavy (non-hydrogen) atoms. The predicted octanol–water partition coefficient (Wildman–Crippen LogP) is 2.57. The van der Waals surface area contributed by atoms with Crippen LogP contribution < -0.4 is 9.62 Å². The van der Waals surface area contributed by atoms with Crippen LogP contribution in [0.15, 0.2) is 53.4 Å². The lowest BCUT2D eigenvalue weighted by Gasteiger charge is -2.17. The Morgan fingerprint density at radius 2 is 1.85 bits per heavy atom. The van der Waals surface area contributed by atoms with Gasteiger partial charge in [-0.25, -0.2) is 13.1 Å². The van der Waals surface area contributed by atoms with Crippen LogP contribution in [0.5, 0.6) is 0 Å². The molecule has 2 aromatic carbocycles. The molecule has 0 unspecified atom stereocenters. The molecule has 0 radical (unpaired) electrons. The SMILES string of the molecule is O=C(CNS(=O)(=O)c1cccc(C(F)(F)F)c1)N1CCc2ccccc21. The van der Waals surface area contributed by atoms with Crippen molar-refractivity contribution in [3.63, 3.8) is 0 Å². The van der Waals surface area contributed by atoms with Crippen LogP contribution in [-0.2, 0) is 27.4 Å². The van der Waals surface area contributed by atoms with Gasteiger partial charge >= 0.3 is 6.18 Å². The summed E-state index contributed by atoms with van der Waals surface area (Å²) in [6, 6.07) is 10.7. The van der Waals surface area contributed by atoms with Crippen molar-refractivity contribution >= 4 is 21.6 Å². The summed E-state index contributed by atoms with van der Waals surface area (Å²) in [5, 5.41) is 0. The number of anilines is 1. The second-order valence-corrected chi connectivity index (χ2v) is 7.54. The average Bonchev–Trinajstić information content (AvgIpc) is 3.03. The zero-order chi connectivity index (χ0) is 18.9. The lowest BCUT2D eigenvalue weighted by Crippen LogP contribution is -2.39. The van der Waals surface area contributed by atoms with Crippen LogP contribution in [0.1, 0.15) is 11.1 Å². The largest absolute Gasteiger partial charge is 0.416 e. The number of rotatable bonds is 4. The fraction of sp³-hybridized carbons (Fsp3) is 0.235. The summed E-state index contributed by atoms with van der Waals surface area (Å²) in [5.74, 6) is -0.467. The van der Waals surface area contributed by atoms with Gasteiger partial charge in [0.1, 0.15) is 0 Å². The van der Waals surface area contributed by atoms with Crippen molar-refractivity contribution in [3.05, 3.63) is 59.7 Å². The molecule has 5 nitrogen and oxygen atoms in total. The molecule has 0 aromatic heterocycles. The molecule has 2 aromatic rings. The van der Waals surface area contributed by atoms with Crippen LogP contribution in [-0.4, -0.2) is 27.4 Å². The van der Waals surface area contributed by atoms with Crippen molar-refractivity contribution in [1.82, 2.24) is 4.72 Å². The number of fused-ring (bicyclic) bond motifs is 1. The Morgan fingerprint density at radius 1 is 1.12 bits per heavy atom. The highest BCUT2D eigenvalue weighted by Gasteiger charge is 2.32. The molecular weight excluding hydrogens is 369 g/mol. The summed E-state index contributed by atoms with van der Waals surface area (Å²) in [6.07, 6.45) is -3.98. The van der Waals surface area contributed by atoms with Crippen LogP contribution in [0, 0.1) is 0 Å². The van der Waals surface area contributed by atoms with E-state index in [1.807, 2.05) is 12.1 Å². The van der Waals surface area contributed by atoms with Gasteiger partial charge in [0.15, 0.2) is 0 Å². The van der Waals surface area contributed by atoms with Gasteiger partial charge in [-0.05, 0) is 36.2 Å². The van der Waals surface area contributed by atoms with Crippen molar-refractivity contribution in [1.29, 1.82) is 0 Å². The van der Waals surface area contributed by atoms with Gasteiger partial charge in [-0.1, -0.05) is 24.3 Å². The summed E-state index contributed by atoms with van der Waals surface area (Å²) in [4.78, 5) is 13.3. The molecule has 1 aliphatic rings. The number of nitrogens with one attached hydrogen (secondary N) is 1. The van der Waals surface area contributed by atoms with Crippen molar-refractivity contribution in [2.75, 3.05) is 18.0 Å². The standard InChI is InChI=1S/C17H15F3N2O3S/c18-17(19,20)13-5-3-6-14(10-13)26(24,25)21-11-16(23)22-9-8-12-4-1-2-7-15(12)22/h1-7,10,21H,8-9,11H2. The minimum absolute atomic E-state index is 0.434. The number of para-hydroxylation sites is 1. The van der Waals surface area contributed by atoms with Crippen LogP contribution in [0.4, 0.5) is 18.9 Å². The number of benzene rings is 2. The molecule has 3 rings (SSSR count). The lowest BCUT2D eigenvalue weighted by atomic mass is 10.2. The quantitative estimate of drug-likeness (QED) is 0.881. The molecule has 0 atom stereocenters. The minimum Gasteiger partial charge on any atom is -0.311 e. The summed E-state index contributed by atoms with van der Waals surface area (Å²) < 4.78 is 64.7. The maximum Gasteiger partial charge on any atom is 0.416 e. The highest BCUT2D eigenvalue weighted by atomic mass is 32.2. The van der Waals surface area contributed by atoms with E-state index in [4.69, 9.17) is 0 Å². The van der Waals surface area contributed by atoms with Crippen molar-refractivity contribution < 1.29 is 26.4 Å². The van der Waals surface area contributed by atoms with E-state index in [0.717, 1.165) is 29.4 Å². The molecule has 0 spiro atoms. The van der Waals surface area contributed by atoms with Gasteiger partial charge in [0.05, 0.1) is 17.0 Å². The predicted molar refractivity (Wildman–Crippen MR) is 89.1 cm³/mol. The van der Waals surface area contributed by atoms with E-state index < -0.39 is 39.1 Å². The molecule has 0 saturated carbocycles. The number of sulfonamides is 1. The Morgan fingerprint density at radius 3 is 2.58 bits per heavy atom. The molecule has 0 saturated heterocycles. The Labute approximate surface area is 148 Å². The van der Waals surface area contributed by atoms with Crippen LogP contribution in [0.3, 0.4) is 0 Å². The molecular formula is C17H15F3N2O3S. The Bertz CT molecular complexity index is 942. The van der Waals surface area contributed by atoms with E-state index in [-0.39, 0.29) is 0 Å². The first kappa shape index (κ1) is 18.4. The first-order valence-electron chi connectivity index (χ1n) is 7.74. The second-order valence-electron chi connectivity index (χ2n) is 5.77. The molecule has 9 heteroatoms. The highest BCUT2D eigenvalue weighted by molar-refractivity contribution is 7.89. The fourth-order valence-corrected chi connectivity index (χ4v) is 3.79. The van der Waals surface area contributed by atoms with E-state index >= 15 is 0 Å². The molecule has 0 aliphatic carbocycles. The third-order valence-corrected chi connectivity index (χ3v) is 5.47. The monoisotopic (exact) mass is 384 g/mol. The Hall–Kier alpha value is -2.39. The lowest BCUT2D eigenvalue weighted by molar-refractivity contribution is -0.137. The molecule has 138 valence electrons. The first-order valence-corrected chi connectivity index (χ1v) is 9.22. The number of hydrogen-bond acceptors (Lipinski definition) is 3.